The fourth-order valence-corrected chi connectivity index (χ4v) is 3.39. The van der Waals surface area contributed by atoms with Gasteiger partial charge in [-0.05, 0) is 61.4 Å². The third-order valence-electron chi connectivity index (χ3n) is 4.98. The highest BCUT2D eigenvalue weighted by Gasteiger charge is 2.21. The van der Waals surface area contributed by atoms with Crippen molar-refractivity contribution in [3.8, 4) is 5.69 Å². The molecule has 1 aliphatic rings. The van der Waals surface area contributed by atoms with Crippen LogP contribution in [-0.2, 0) is 11.3 Å². The van der Waals surface area contributed by atoms with Crippen LogP contribution in [0.15, 0.2) is 60.8 Å². The molecule has 2 amide bonds. The molecule has 0 bridgehead atoms. The van der Waals surface area contributed by atoms with E-state index in [1.165, 1.54) is 0 Å². The summed E-state index contributed by atoms with van der Waals surface area (Å²) < 4.78 is 1.83. The number of carbonyl (C=O) groups is 2. The molecule has 0 atom stereocenters. The van der Waals surface area contributed by atoms with Crippen molar-refractivity contribution < 1.29 is 9.59 Å². The molecule has 6 nitrogen and oxygen atoms in total. The van der Waals surface area contributed by atoms with Gasteiger partial charge in [-0.3, -0.25) is 9.59 Å². The van der Waals surface area contributed by atoms with E-state index < -0.39 is 0 Å². The zero-order valence-corrected chi connectivity index (χ0v) is 15.8. The van der Waals surface area contributed by atoms with Crippen molar-refractivity contribution in [3.63, 3.8) is 0 Å². The Hall–Kier alpha value is -3.41. The number of rotatable bonds is 5. The van der Waals surface area contributed by atoms with Crippen LogP contribution >= 0.6 is 0 Å². The Morgan fingerprint density at radius 2 is 1.75 bits per heavy atom. The summed E-state index contributed by atoms with van der Waals surface area (Å²) in [5, 5.41) is 7.21. The van der Waals surface area contributed by atoms with E-state index in [9.17, 15) is 9.59 Å². The average Bonchev–Trinajstić information content (AvgIpc) is 3.35. The fraction of sp³-hybridized carbons (Fsp3) is 0.227. The van der Waals surface area contributed by atoms with Gasteiger partial charge in [0.15, 0.2) is 0 Å². The highest BCUT2D eigenvalue weighted by atomic mass is 16.2. The third kappa shape index (κ3) is 3.67. The van der Waals surface area contributed by atoms with Gasteiger partial charge in [0.1, 0.15) is 0 Å². The van der Waals surface area contributed by atoms with Gasteiger partial charge in [0, 0.05) is 42.7 Å². The van der Waals surface area contributed by atoms with Crippen LogP contribution in [0.2, 0.25) is 0 Å². The molecule has 2 heterocycles. The smallest absolute Gasteiger partial charge is 0.251 e. The number of aryl methyl sites for hydroxylation is 1. The molecule has 142 valence electrons. The van der Waals surface area contributed by atoms with E-state index in [4.69, 9.17) is 0 Å². The van der Waals surface area contributed by atoms with Crippen molar-refractivity contribution in [2.24, 2.45) is 0 Å². The van der Waals surface area contributed by atoms with Crippen molar-refractivity contribution in [2.75, 3.05) is 11.4 Å². The molecule has 6 heteroatoms. The lowest BCUT2D eigenvalue weighted by molar-refractivity contribution is -0.117. The minimum Gasteiger partial charge on any atom is -0.348 e. The highest BCUT2D eigenvalue weighted by molar-refractivity contribution is 5.95. The molecule has 2 aromatic carbocycles. The molecule has 0 unspecified atom stereocenters. The van der Waals surface area contributed by atoms with E-state index in [1.54, 1.807) is 18.3 Å². The Balaban J connectivity index is 1.36. The quantitative estimate of drug-likeness (QED) is 0.746. The van der Waals surface area contributed by atoms with E-state index in [2.05, 4.69) is 10.4 Å². The number of carbonyl (C=O) groups excluding carboxylic acids is 2. The Kier molecular flexibility index (Phi) is 4.93. The molecule has 1 saturated heterocycles. The van der Waals surface area contributed by atoms with Crippen molar-refractivity contribution in [1.29, 1.82) is 0 Å². The topological polar surface area (TPSA) is 67.2 Å². The van der Waals surface area contributed by atoms with E-state index in [0.717, 1.165) is 35.6 Å². The predicted molar refractivity (Wildman–Crippen MR) is 108 cm³/mol. The summed E-state index contributed by atoms with van der Waals surface area (Å²) in [7, 11) is 0. The van der Waals surface area contributed by atoms with Crippen molar-refractivity contribution in [3.05, 3.63) is 77.6 Å². The Morgan fingerprint density at radius 1 is 1.04 bits per heavy atom. The SMILES string of the molecule is Cc1ccnn1-c1ccc(C(=O)NCc2ccc(N3CCCC3=O)cc2)cc1. The molecule has 4 rings (SSSR count). The van der Waals surface area contributed by atoms with Gasteiger partial charge in [-0.15, -0.1) is 0 Å². The van der Waals surface area contributed by atoms with Crippen LogP contribution in [0.3, 0.4) is 0 Å². The molecule has 1 aliphatic heterocycles. The normalized spacial score (nSPS) is 13.8. The summed E-state index contributed by atoms with van der Waals surface area (Å²) in [5.74, 6) is 0.0531. The van der Waals surface area contributed by atoms with Crippen LogP contribution in [-0.4, -0.2) is 28.1 Å². The number of aromatic nitrogens is 2. The lowest BCUT2D eigenvalue weighted by Gasteiger charge is -2.16. The molecule has 1 fully saturated rings. The molecule has 0 aliphatic carbocycles. The maximum atomic E-state index is 12.4. The third-order valence-corrected chi connectivity index (χ3v) is 4.98. The maximum absolute atomic E-state index is 12.4. The van der Waals surface area contributed by atoms with Crippen LogP contribution in [0.25, 0.3) is 5.69 Å². The first-order valence-corrected chi connectivity index (χ1v) is 9.40. The van der Waals surface area contributed by atoms with Gasteiger partial charge in [0.2, 0.25) is 5.91 Å². The summed E-state index contributed by atoms with van der Waals surface area (Å²) in [6.07, 6.45) is 3.28. The van der Waals surface area contributed by atoms with Crippen molar-refractivity contribution >= 4 is 17.5 Å². The first-order valence-electron chi connectivity index (χ1n) is 9.40. The molecular formula is C22H22N4O2. The summed E-state index contributed by atoms with van der Waals surface area (Å²) in [5.41, 5.74) is 4.48. The van der Waals surface area contributed by atoms with Crippen LogP contribution in [0.5, 0.6) is 0 Å². The number of anilines is 1. The second-order valence-electron chi connectivity index (χ2n) is 6.93. The number of hydrogen-bond donors (Lipinski definition) is 1. The Bertz CT molecular complexity index is 990. The molecule has 3 aromatic rings. The molecule has 0 radical (unpaired) electrons. The van der Waals surface area contributed by atoms with Gasteiger partial charge < -0.3 is 10.2 Å². The fourth-order valence-electron chi connectivity index (χ4n) is 3.39. The minimum absolute atomic E-state index is 0.123. The van der Waals surface area contributed by atoms with E-state index in [1.807, 2.05) is 59.0 Å². The molecule has 28 heavy (non-hydrogen) atoms. The maximum Gasteiger partial charge on any atom is 0.251 e. The summed E-state index contributed by atoms with van der Waals surface area (Å²) >= 11 is 0. The van der Waals surface area contributed by atoms with Crippen molar-refractivity contribution in [2.45, 2.75) is 26.3 Å². The van der Waals surface area contributed by atoms with Crippen molar-refractivity contribution in [1.82, 2.24) is 15.1 Å². The lowest BCUT2D eigenvalue weighted by atomic mass is 10.1. The van der Waals surface area contributed by atoms with E-state index >= 15 is 0 Å². The van der Waals surface area contributed by atoms with Gasteiger partial charge in [0.05, 0.1) is 5.69 Å². The average molecular weight is 374 g/mol. The van der Waals surface area contributed by atoms with Gasteiger partial charge >= 0.3 is 0 Å². The molecular weight excluding hydrogens is 352 g/mol. The number of benzene rings is 2. The highest BCUT2D eigenvalue weighted by Crippen LogP contribution is 2.21. The zero-order valence-electron chi connectivity index (χ0n) is 15.8. The van der Waals surface area contributed by atoms with E-state index in [-0.39, 0.29) is 11.8 Å². The standard InChI is InChI=1S/C22H22N4O2/c1-16-12-13-24-26(16)20-10-6-18(7-11-20)22(28)23-15-17-4-8-19(9-5-17)25-14-2-3-21(25)27/h4-13H,2-3,14-15H2,1H3,(H,23,28). The lowest BCUT2D eigenvalue weighted by Crippen LogP contribution is -2.24. The second kappa shape index (κ2) is 7.68. The number of hydrogen-bond acceptors (Lipinski definition) is 3. The summed E-state index contributed by atoms with van der Waals surface area (Å²) in [6, 6.07) is 17.1. The van der Waals surface area contributed by atoms with Gasteiger partial charge in [-0.1, -0.05) is 12.1 Å². The summed E-state index contributed by atoms with van der Waals surface area (Å²) in [6.45, 7) is 3.20. The van der Waals surface area contributed by atoms with Gasteiger partial charge in [0.25, 0.3) is 5.91 Å². The van der Waals surface area contributed by atoms with Crippen LogP contribution in [0.1, 0.15) is 34.5 Å². The summed E-state index contributed by atoms with van der Waals surface area (Å²) in [4.78, 5) is 26.0. The Morgan fingerprint density at radius 3 is 2.36 bits per heavy atom. The molecule has 1 aromatic heterocycles. The van der Waals surface area contributed by atoms with Crippen LogP contribution in [0, 0.1) is 6.92 Å². The van der Waals surface area contributed by atoms with Crippen LogP contribution < -0.4 is 10.2 Å². The first-order chi connectivity index (χ1) is 13.6. The minimum atomic E-state index is -0.123. The predicted octanol–water partition coefficient (Wildman–Crippen LogP) is 3.24. The van der Waals surface area contributed by atoms with Gasteiger partial charge in [-0.25, -0.2) is 4.68 Å². The van der Waals surface area contributed by atoms with Gasteiger partial charge in [-0.2, -0.15) is 5.10 Å². The second-order valence-corrected chi connectivity index (χ2v) is 6.93. The first kappa shape index (κ1) is 18.0. The number of amides is 2. The Labute approximate surface area is 163 Å². The molecule has 0 saturated carbocycles. The van der Waals surface area contributed by atoms with E-state index in [0.29, 0.717) is 18.5 Å². The zero-order chi connectivity index (χ0) is 19.5. The monoisotopic (exact) mass is 374 g/mol. The number of nitrogens with one attached hydrogen (secondary N) is 1. The molecule has 0 spiro atoms. The number of nitrogens with zero attached hydrogens (tertiary/aromatic N) is 3. The molecule has 1 N–H and O–H groups in total. The largest absolute Gasteiger partial charge is 0.348 e. The van der Waals surface area contributed by atoms with Crippen LogP contribution in [0.4, 0.5) is 5.69 Å².